The number of ether oxygens (including phenoxy) is 2. The molecule has 4 heterocycles. The Hall–Kier alpha value is -3.13. The highest BCUT2D eigenvalue weighted by molar-refractivity contribution is 5.86. The van der Waals surface area contributed by atoms with Crippen molar-refractivity contribution in [2.24, 2.45) is 5.73 Å². The first-order chi connectivity index (χ1) is 13.7. The quantitative estimate of drug-likeness (QED) is 0.581. The van der Waals surface area contributed by atoms with E-state index in [1.165, 1.54) is 0 Å². The summed E-state index contributed by atoms with van der Waals surface area (Å²) >= 11 is 0. The molecule has 144 valence electrons. The van der Waals surface area contributed by atoms with E-state index in [-0.39, 0.29) is 12.1 Å². The van der Waals surface area contributed by atoms with Gasteiger partial charge in [0.2, 0.25) is 11.8 Å². The lowest BCUT2D eigenvalue weighted by atomic mass is 9.94. The van der Waals surface area contributed by atoms with Crippen LogP contribution in [0.4, 0.5) is 0 Å². The molecule has 5 rings (SSSR count). The van der Waals surface area contributed by atoms with Crippen molar-refractivity contribution in [3.8, 4) is 23.2 Å². The molecule has 0 bridgehead atoms. The second-order valence-corrected chi connectivity index (χ2v) is 7.08. The average molecular weight is 379 g/mol. The normalized spacial score (nSPS) is 19.9. The molecule has 0 radical (unpaired) electrons. The second-order valence-electron chi connectivity index (χ2n) is 7.08. The van der Waals surface area contributed by atoms with E-state index in [0.717, 1.165) is 42.4 Å². The molecule has 8 heteroatoms. The van der Waals surface area contributed by atoms with Crippen molar-refractivity contribution in [2.45, 2.75) is 37.8 Å². The van der Waals surface area contributed by atoms with Crippen molar-refractivity contribution in [1.82, 2.24) is 19.6 Å². The number of hydrogen-bond acceptors (Lipinski definition) is 7. The van der Waals surface area contributed by atoms with Gasteiger partial charge in [0.25, 0.3) is 0 Å². The van der Waals surface area contributed by atoms with Crippen LogP contribution in [0.15, 0.2) is 41.1 Å². The Morgan fingerprint density at radius 1 is 1.14 bits per heavy atom. The molecule has 4 aromatic rings. The van der Waals surface area contributed by atoms with E-state index in [9.17, 15) is 0 Å². The van der Waals surface area contributed by atoms with Gasteiger partial charge in [0.05, 0.1) is 18.7 Å². The highest BCUT2D eigenvalue weighted by Crippen LogP contribution is 2.32. The van der Waals surface area contributed by atoms with Gasteiger partial charge in [-0.3, -0.25) is 0 Å². The van der Waals surface area contributed by atoms with Gasteiger partial charge in [0.15, 0.2) is 11.4 Å². The minimum absolute atomic E-state index is 0.151. The van der Waals surface area contributed by atoms with E-state index < -0.39 is 0 Å². The van der Waals surface area contributed by atoms with Gasteiger partial charge in [-0.05, 0) is 37.8 Å². The van der Waals surface area contributed by atoms with Crippen molar-refractivity contribution in [3.05, 3.63) is 36.7 Å². The summed E-state index contributed by atoms with van der Waals surface area (Å²) in [5, 5.41) is 5.44. The zero-order valence-electron chi connectivity index (χ0n) is 15.5. The summed E-state index contributed by atoms with van der Waals surface area (Å²) in [7, 11) is 1.59. The molecule has 1 aliphatic carbocycles. The van der Waals surface area contributed by atoms with Gasteiger partial charge in [-0.1, -0.05) is 0 Å². The number of nitrogens with two attached hydrogens (primary N) is 1. The van der Waals surface area contributed by atoms with E-state index >= 15 is 0 Å². The Morgan fingerprint density at radius 2 is 2.00 bits per heavy atom. The zero-order chi connectivity index (χ0) is 19.1. The van der Waals surface area contributed by atoms with Crippen molar-refractivity contribution in [3.63, 3.8) is 0 Å². The fraction of sp³-hybridized carbons (Fsp3) is 0.350. The maximum atomic E-state index is 6.09. The van der Waals surface area contributed by atoms with Crippen LogP contribution in [-0.4, -0.2) is 38.8 Å². The number of furan rings is 1. The van der Waals surface area contributed by atoms with Gasteiger partial charge in [-0.2, -0.15) is 0 Å². The van der Waals surface area contributed by atoms with E-state index in [0.29, 0.717) is 23.1 Å². The van der Waals surface area contributed by atoms with Gasteiger partial charge >= 0.3 is 0 Å². The molecule has 0 amide bonds. The van der Waals surface area contributed by atoms with Crippen molar-refractivity contribution in [2.75, 3.05) is 7.11 Å². The fourth-order valence-corrected chi connectivity index (χ4v) is 3.69. The molecule has 2 N–H and O–H groups in total. The maximum absolute atomic E-state index is 6.09. The molecular weight excluding hydrogens is 358 g/mol. The van der Waals surface area contributed by atoms with Crippen LogP contribution in [0, 0.1) is 0 Å². The molecule has 0 aromatic carbocycles. The summed E-state index contributed by atoms with van der Waals surface area (Å²) in [4.78, 5) is 8.64. The van der Waals surface area contributed by atoms with Crippen molar-refractivity contribution < 1.29 is 13.9 Å². The highest BCUT2D eigenvalue weighted by atomic mass is 16.5. The number of imidazole rings is 1. The number of fused-ring (bicyclic) bond motifs is 2. The van der Waals surface area contributed by atoms with Gasteiger partial charge in [-0.25, -0.2) is 14.5 Å². The molecule has 1 aliphatic rings. The standard InChI is InChI=1S/C20H21N5O3/c1-26-20-14-10-17(28-16(14)8-9-22-20)15-11-23-18-6-7-19(24-25(15)18)27-13-4-2-12(21)3-5-13/h6-13H,2-5,21H2,1H3. The highest BCUT2D eigenvalue weighted by Gasteiger charge is 2.21. The number of methoxy groups -OCH3 is 1. The molecular formula is C20H21N5O3. The predicted octanol–water partition coefficient (Wildman–Crippen LogP) is 3.19. The molecule has 1 saturated carbocycles. The van der Waals surface area contributed by atoms with E-state index in [4.69, 9.17) is 19.6 Å². The van der Waals surface area contributed by atoms with E-state index in [1.54, 1.807) is 30.1 Å². The first kappa shape index (κ1) is 17.0. The summed E-state index contributed by atoms with van der Waals surface area (Å²) in [5.74, 6) is 1.73. The first-order valence-electron chi connectivity index (χ1n) is 9.41. The van der Waals surface area contributed by atoms with Gasteiger partial charge in [-0.15, -0.1) is 5.10 Å². The van der Waals surface area contributed by atoms with Gasteiger partial charge in [0.1, 0.15) is 17.4 Å². The molecule has 0 unspecified atom stereocenters. The number of hydrogen-bond donors (Lipinski definition) is 1. The number of aromatic nitrogens is 4. The van der Waals surface area contributed by atoms with E-state index in [1.807, 2.05) is 18.2 Å². The summed E-state index contributed by atoms with van der Waals surface area (Å²) in [6.07, 6.45) is 7.42. The first-order valence-corrected chi connectivity index (χ1v) is 9.41. The van der Waals surface area contributed by atoms with Crippen LogP contribution in [-0.2, 0) is 0 Å². The summed E-state index contributed by atoms with van der Waals surface area (Å²) < 4.78 is 19.1. The van der Waals surface area contributed by atoms with Crippen LogP contribution in [0.5, 0.6) is 11.8 Å². The van der Waals surface area contributed by atoms with Gasteiger partial charge < -0.3 is 19.6 Å². The topological polar surface area (TPSA) is 101 Å². The number of nitrogens with zero attached hydrogens (tertiary/aromatic N) is 4. The lowest BCUT2D eigenvalue weighted by molar-refractivity contribution is 0.139. The molecule has 28 heavy (non-hydrogen) atoms. The Bertz CT molecular complexity index is 1130. The molecule has 0 spiro atoms. The van der Waals surface area contributed by atoms with E-state index in [2.05, 4.69) is 15.1 Å². The lowest BCUT2D eigenvalue weighted by Crippen LogP contribution is -2.31. The fourth-order valence-electron chi connectivity index (χ4n) is 3.69. The van der Waals surface area contributed by atoms with Crippen LogP contribution in [0.2, 0.25) is 0 Å². The SMILES string of the molecule is COc1nccc2oc(-c3cnc4ccc(OC5CCC(N)CC5)nn34)cc12. The number of pyridine rings is 1. The molecule has 0 saturated heterocycles. The third-order valence-corrected chi connectivity index (χ3v) is 5.20. The molecule has 4 aromatic heterocycles. The third-order valence-electron chi connectivity index (χ3n) is 5.20. The molecule has 0 atom stereocenters. The molecule has 0 aliphatic heterocycles. The number of rotatable bonds is 4. The Morgan fingerprint density at radius 3 is 2.82 bits per heavy atom. The predicted molar refractivity (Wildman–Crippen MR) is 103 cm³/mol. The van der Waals surface area contributed by atoms with Crippen LogP contribution < -0.4 is 15.2 Å². The largest absolute Gasteiger partial charge is 0.480 e. The van der Waals surface area contributed by atoms with Crippen LogP contribution in [0.3, 0.4) is 0 Å². The van der Waals surface area contributed by atoms with Crippen LogP contribution >= 0.6 is 0 Å². The minimum Gasteiger partial charge on any atom is -0.480 e. The Balaban J connectivity index is 1.50. The Labute approximate surface area is 161 Å². The minimum atomic E-state index is 0.151. The van der Waals surface area contributed by atoms with Crippen LogP contribution in [0.1, 0.15) is 25.7 Å². The average Bonchev–Trinajstić information content (AvgIpc) is 3.33. The summed E-state index contributed by atoms with van der Waals surface area (Å²) in [5.41, 5.74) is 8.14. The zero-order valence-corrected chi connectivity index (χ0v) is 15.5. The van der Waals surface area contributed by atoms with Crippen molar-refractivity contribution in [1.29, 1.82) is 0 Å². The lowest BCUT2D eigenvalue weighted by Gasteiger charge is -2.26. The monoisotopic (exact) mass is 379 g/mol. The molecule has 8 nitrogen and oxygen atoms in total. The van der Waals surface area contributed by atoms with Crippen molar-refractivity contribution >= 4 is 16.6 Å². The maximum Gasteiger partial charge on any atom is 0.232 e. The summed E-state index contributed by atoms with van der Waals surface area (Å²) in [6, 6.07) is 7.73. The summed E-state index contributed by atoms with van der Waals surface area (Å²) in [6.45, 7) is 0. The third kappa shape index (κ3) is 2.95. The second kappa shape index (κ2) is 6.79. The van der Waals surface area contributed by atoms with Crippen LogP contribution in [0.25, 0.3) is 28.1 Å². The smallest absolute Gasteiger partial charge is 0.232 e. The van der Waals surface area contributed by atoms with Gasteiger partial charge in [0, 0.05) is 24.4 Å². The molecule has 1 fully saturated rings. The Kier molecular flexibility index (Phi) is 4.12.